The Morgan fingerprint density at radius 2 is 2.00 bits per heavy atom. The Kier molecular flexibility index (Phi) is 6.84. The Morgan fingerprint density at radius 1 is 1.22 bits per heavy atom. The first kappa shape index (κ1) is 18.9. The Hall–Kier alpha value is -2.84. The molecule has 27 heavy (non-hydrogen) atoms. The second kappa shape index (κ2) is 9.75. The maximum absolute atomic E-state index is 11.8. The first-order chi connectivity index (χ1) is 13.2. The number of esters is 1. The molecule has 138 valence electrons. The van der Waals surface area contributed by atoms with E-state index in [-0.39, 0.29) is 18.3 Å². The van der Waals surface area contributed by atoms with Crippen LogP contribution in [0.4, 0.5) is 5.95 Å². The van der Waals surface area contributed by atoms with E-state index in [0.29, 0.717) is 16.1 Å². The van der Waals surface area contributed by atoms with Crippen LogP contribution in [0.1, 0.15) is 11.1 Å². The van der Waals surface area contributed by atoms with Crippen LogP contribution < -0.4 is 5.43 Å². The lowest BCUT2D eigenvalue weighted by Crippen LogP contribution is -2.07. The summed E-state index contributed by atoms with van der Waals surface area (Å²) in [6, 6.07) is 16.8. The molecule has 0 aliphatic heterocycles. The molecule has 0 atom stereocenters. The largest absolute Gasteiger partial charge is 0.460 e. The van der Waals surface area contributed by atoms with Crippen LogP contribution in [0.3, 0.4) is 0 Å². The first-order valence-electron chi connectivity index (χ1n) is 7.98. The number of nitrogens with zero attached hydrogens (tertiary/aromatic N) is 3. The minimum Gasteiger partial charge on any atom is -0.460 e. The lowest BCUT2D eigenvalue weighted by atomic mass is 10.2. The van der Waals surface area contributed by atoms with Crippen molar-refractivity contribution < 1.29 is 9.53 Å². The summed E-state index contributed by atoms with van der Waals surface area (Å²) in [6.07, 6.45) is 1.63. The summed E-state index contributed by atoms with van der Waals surface area (Å²) >= 11 is 7.01. The smallest absolute Gasteiger partial charge is 0.316 e. The molecule has 0 fully saturated rings. The van der Waals surface area contributed by atoms with Crippen molar-refractivity contribution in [2.24, 2.45) is 5.10 Å². The highest BCUT2D eigenvalue weighted by Crippen LogP contribution is 2.14. The number of halogens is 1. The van der Waals surface area contributed by atoms with Crippen LogP contribution in [0.2, 0.25) is 5.02 Å². The second-order valence-electron chi connectivity index (χ2n) is 5.32. The molecule has 7 nitrogen and oxygen atoms in total. The predicted molar refractivity (Wildman–Crippen MR) is 106 cm³/mol. The van der Waals surface area contributed by atoms with Gasteiger partial charge in [0.05, 0.1) is 12.0 Å². The fraction of sp³-hybridized carbons (Fsp3) is 0.111. The van der Waals surface area contributed by atoms with Crippen LogP contribution in [0.15, 0.2) is 64.9 Å². The summed E-state index contributed by atoms with van der Waals surface area (Å²) in [7, 11) is 0. The van der Waals surface area contributed by atoms with E-state index in [1.165, 1.54) is 11.8 Å². The average Bonchev–Trinajstić information content (AvgIpc) is 3.15. The van der Waals surface area contributed by atoms with E-state index in [9.17, 15) is 4.79 Å². The van der Waals surface area contributed by atoms with Crippen molar-refractivity contribution in [1.82, 2.24) is 15.2 Å². The molecule has 3 rings (SSSR count). The van der Waals surface area contributed by atoms with Crippen molar-refractivity contribution in [2.75, 3.05) is 11.2 Å². The normalized spacial score (nSPS) is 10.9. The molecular formula is C18H16ClN5O2S. The molecule has 0 saturated carbocycles. The number of hydrogen-bond donors (Lipinski definition) is 2. The highest BCUT2D eigenvalue weighted by Gasteiger charge is 2.08. The Labute approximate surface area is 165 Å². The monoisotopic (exact) mass is 401 g/mol. The molecule has 0 bridgehead atoms. The Bertz CT molecular complexity index is 900. The third kappa shape index (κ3) is 6.43. The van der Waals surface area contributed by atoms with Gasteiger partial charge in [-0.25, -0.2) is 10.5 Å². The van der Waals surface area contributed by atoms with Gasteiger partial charge in [0.25, 0.3) is 0 Å². The van der Waals surface area contributed by atoms with Gasteiger partial charge < -0.3 is 4.74 Å². The number of hydrazone groups is 1. The molecule has 3 aromatic rings. The van der Waals surface area contributed by atoms with E-state index in [0.717, 1.165) is 11.1 Å². The van der Waals surface area contributed by atoms with Gasteiger partial charge in [0.2, 0.25) is 11.1 Å². The molecule has 1 aromatic heterocycles. The SMILES string of the molecule is O=C(CSc1n[nH]c(N/N=C/c2ccc(Cl)cc2)n1)OCc1ccccc1. The molecule has 2 aromatic carbocycles. The lowest BCUT2D eigenvalue weighted by molar-refractivity contribution is -0.141. The number of carbonyl (C=O) groups is 1. The second-order valence-corrected chi connectivity index (χ2v) is 6.70. The van der Waals surface area contributed by atoms with Crippen LogP contribution in [0.5, 0.6) is 0 Å². The topological polar surface area (TPSA) is 92.3 Å². The number of ether oxygens (including phenoxy) is 1. The average molecular weight is 402 g/mol. The van der Waals surface area contributed by atoms with E-state index in [1.54, 1.807) is 18.3 Å². The quantitative estimate of drug-likeness (QED) is 0.258. The van der Waals surface area contributed by atoms with E-state index in [1.807, 2.05) is 42.5 Å². The Balaban J connectivity index is 1.41. The van der Waals surface area contributed by atoms with Crippen molar-refractivity contribution in [1.29, 1.82) is 0 Å². The standard InChI is InChI=1S/C18H16ClN5O2S/c19-15-8-6-13(7-9-15)10-20-22-17-21-18(24-23-17)27-12-16(25)26-11-14-4-2-1-3-5-14/h1-10H,11-12H2,(H2,21,22,23,24)/b20-10+. The van der Waals surface area contributed by atoms with E-state index >= 15 is 0 Å². The summed E-state index contributed by atoms with van der Waals surface area (Å²) in [5, 5.41) is 11.9. The van der Waals surface area contributed by atoms with Gasteiger partial charge in [0.1, 0.15) is 6.61 Å². The summed E-state index contributed by atoms with van der Waals surface area (Å²) in [6.45, 7) is 0.250. The van der Waals surface area contributed by atoms with Gasteiger partial charge in [-0.1, -0.05) is 65.8 Å². The number of H-pyrrole nitrogens is 1. The number of anilines is 1. The fourth-order valence-electron chi connectivity index (χ4n) is 1.98. The number of aromatic nitrogens is 3. The molecule has 1 heterocycles. The molecule has 0 radical (unpaired) electrons. The zero-order chi connectivity index (χ0) is 18.9. The maximum atomic E-state index is 11.8. The third-order valence-corrected chi connectivity index (χ3v) is 4.35. The van der Waals surface area contributed by atoms with Gasteiger partial charge in [-0.05, 0) is 23.3 Å². The maximum Gasteiger partial charge on any atom is 0.316 e. The molecule has 0 aliphatic rings. The number of rotatable bonds is 8. The van der Waals surface area contributed by atoms with Crippen molar-refractivity contribution in [2.45, 2.75) is 11.8 Å². The van der Waals surface area contributed by atoms with Crippen molar-refractivity contribution in [3.63, 3.8) is 0 Å². The highest BCUT2D eigenvalue weighted by atomic mass is 35.5. The molecule has 0 aliphatic carbocycles. The fourth-order valence-corrected chi connectivity index (χ4v) is 2.70. The zero-order valence-corrected chi connectivity index (χ0v) is 15.7. The molecule has 0 saturated heterocycles. The van der Waals surface area contributed by atoms with Gasteiger partial charge in [-0.2, -0.15) is 10.1 Å². The number of thioether (sulfide) groups is 1. The van der Waals surface area contributed by atoms with E-state index in [4.69, 9.17) is 16.3 Å². The lowest BCUT2D eigenvalue weighted by Gasteiger charge is -2.03. The molecule has 0 unspecified atom stereocenters. The number of nitrogens with one attached hydrogen (secondary N) is 2. The minimum atomic E-state index is -0.330. The van der Waals surface area contributed by atoms with E-state index in [2.05, 4.69) is 25.7 Å². The van der Waals surface area contributed by atoms with Gasteiger partial charge in [0, 0.05) is 5.02 Å². The number of hydrogen-bond acceptors (Lipinski definition) is 7. The van der Waals surface area contributed by atoms with Crippen LogP contribution in [-0.2, 0) is 16.1 Å². The van der Waals surface area contributed by atoms with Crippen LogP contribution in [0.25, 0.3) is 0 Å². The number of benzene rings is 2. The minimum absolute atomic E-state index is 0.123. The van der Waals surface area contributed by atoms with Crippen molar-refractivity contribution in [3.05, 3.63) is 70.7 Å². The summed E-state index contributed by atoms with van der Waals surface area (Å²) < 4.78 is 5.20. The molecule has 0 spiro atoms. The molecular weight excluding hydrogens is 386 g/mol. The number of aromatic amines is 1. The van der Waals surface area contributed by atoms with Crippen molar-refractivity contribution >= 4 is 41.5 Å². The van der Waals surface area contributed by atoms with Gasteiger partial charge in [-0.3, -0.25) is 4.79 Å². The van der Waals surface area contributed by atoms with Crippen LogP contribution >= 0.6 is 23.4 Å². The van der Waals surface area contributed by atoms with Gasteiger partial charge >= 0.3 is 5.97 Å². The summed E-state index contributed by atoms with van der Waals surface area (Å²) in [4.78, 5) is 16.0. The third-order valence-electron chi connectivity index (χ3n) is 3.28. The summed E-state index contributed by atoms with van der Waals surface area (Å²) in [5.74, 6) is 0.169. The molecule has 9 heteroatoms. The van der Waals surface area contributed by atoms with E-state index < -0.39 is 0 Å². The molecule has 2 N–H and O–H groups in total. The van der Waals surface area contributed by atoms with Gasteiger partial charge in [0.15, 0.2) is 0 Å². The first-order valence-corrected chi connectivity index (χ1v) is 9.35. The Morgan fingerprint density at radius 3 is 2.78 bits per heavy atom. The van der Waals surface area contributed by atoms with Crippen molar-refractivity contribution in [3.8, 4) is 0 Å². The number of carbonyl (C=O) groups excluding carboxylic acids is 1. The van der Waals surface area contributed by atoms with Gasteiger partial charge in [-0.15, -0.1) is 5.10 Å². The highest BCUT2D eigenvalue weighted by molar-refractivity contribution is 7.99. The summed E-state index contributed by atoms with van der Waals surface area (Å²) in [5.41, 5.74) is 4.57. The predicted octanol–water partition coefficient (Wildman–Crippen LogP) is 3.74. The molecule has 0 amide bonds. The van der Waals surface area contributed by atoms with Crippen LogP contribution in [0, 0.1) is 0 Å². The zero-order valence-electron chi connectivity index (χ0n) is 14.1. The van der Waals surface area contributed by atoms with Crippen LogP contribution in [-0.4, -0.2) is 33.1 Å².